The van der Waals surface area contributed by atoms with Crippen molar-refractivity contribution in [3.05, 3.63) is 53.1 Å². The maximum Gasteiger partial charge on any atom is 0.254 e. The van der Waals surface area contributed by atoms with Gasteiger partial charge in [-0.05, 0) is 61.3 Å². The highest BCUT2D eigenvalue weighted by Crippen LogP contribution is 2.21. The van der Waals surface area contributed by atoms with Gasteiger partial charge in [-0.15, -0.1) is 0 Å². The van der Waals surface area contributed by atoms with Crippen LogP contribution in [-0.2, 0) is 13.0 Å². The summed E-state index contributed by atoms with van der Waals surface area (Å²) >= 11 is 0. The molecule has 0 bridgehead atoms. The molecular formula is C22H32FN3O. The Bertz CT molecular complexity index is 754. The Labute approximate surface area is 162 Å². The van der Waals surface area contributed by atoms with Crippen LogP contribution in [0, 0.1) is 11.7 Å². The lowest BCUT2D eigenvalue weighted by Gasteiger charge is -2.15. The highest BCUT2D eigenvalue weighted by atomic mass is 19.1. The summed E-state index contributed by atoms with van der Waals surface area (Å²) in [6, 6.07) is 4.88. The largest absolute Gasteiger partial charge is 0.349 e. The van der Waals surface area contributed by atoms with Gasteiger partial charge in [-0.25, -0.2) is 4.39 Å². The van der Waals surface area contributed by atoms with Crippen molar-refractivity contribution in [1.29, 1.82) is 0 Å². The Morgan fingerprint density at radius 1 is 1.26 bits per heavy atom. The van der Waals surface area contributed by atoms with Crippen molar-refractivity contribution < 1.29 is 9.18 Å². The fourth-order valence-electron chi connectivity index (χ4n) is 3.02. The second-order valence-corrected chi connectivity index (χ2v) is 7.93. The van der Waals surface area contributed by atoms with E-state index in [2.05, 4.69) is 44.3 Å². The minimum atomic E-state index is -0.451. The lowest BCUT2D eigenvalue weighted by molar-refractivity contribution is 0.0934. The number of hydrogen-bond acceptors (Lipinski definition) is 2. The van der Waals surface area contributed by atoms with Crippen molar-refractivity contribution in [2.45, 2.75) is 72.4 Å². The van der Waals surface area contributed by atoms with Gasteiger partial charge < -0.3 is 5.32 Å². The smallest absolute Gasteiger partial charge is 0.254 e. The molecule has 2 rings (SSSR count). The predicted octanol–water partition coefficient (Wildman–Crippen LogP) is 4.94. The summed E-state index contributed by atoms with van der Waals surface area (Å²) in [4.78, 5) is 12.4. The van der Waals surface area contributed by atoms with Crippen LogP contribution in [0.15, 0.2) is 30.6 Å². The van der Waals surface area contributed by atoms with Crippen LogP contribution in [0.3, 0.4) is 0 Å². The second kappa shape index (κ2) is 9.67. The first-order valence-electron chi connectivity index (χ1n) is 9.91. The Kier molecular flexibility index (Phi) is 7.57. The molecule has 4 nitrogen and oxygen atoms in total. The van der Waals surface area contributed by atoms with E-state index < -0.39 is 5.82 Å². The summed E-state index contributed by atoms with van der Waals surface area (Å²) in [6.45, 7) is 11.3. The Hall–Kier alpha value is -2.17. The molecule has 1 aromatic carbocycles. The Balaban J connectivity index is 1.89. The summed E-state index contributed by atoms with van der Waals surface area (Å²) in [6.07, 6.45) is 6.49. The van der Waals surface area contributed by atoms with E-state index in [-0.39, 0.29) is 23.4 Å². The first kappa shape index (κ1) is 21.1. The topological polar surface area (TPSA) is 46.9 Å². The summed E-state index contributed by atoms with van der Waals surface area (Å²) in [5.41, 5.74) is 2.19. The molecule has 0 saturated heterocycles. The highest BCUT2D eigenvalue weighted by molar-refractivity contribution is 5.94. The third-order valence-electron chi connectivity index (χ3n) is 4.90. The number of hydrogen-bond donors (Lipinski definition) is 1. The zero-order chi connectivity index (χ0) is 20.0. The van der Waals surface area contributed by atoms with Gasteiger partial charge in [0.25, 0.3) is 5.91 Å². The number of amides is 1. The second-order valence-electron chi connectivity index (χ2n) is 7.93. The van der Waals surface area contributed by atoms with Crippen LogP contribution < -0.4 is 5.32 Å². The molecule has 1 N–H and O–H groups in total. The van der Waals surface area contributed by atoms with Crippen LogP contribution in [0.25, 0.3) is 0 Å². The van der Waals surface area contributed by atoms with E-state index in [0.717, 1.165) is 36.9 Å². The molecule has 0 saturated carbocycles. The quantitative estimate of drug-likeness (QED) is 0.676. The molecule has 0 radical (unpaired) electrons. The van der Waals surface area contributed by atoms with Crippen molar-refractivity contribution in [3.8, 4) is 0 Å². The lowest BCUT2D eigenvalue weighted by Crippen LogP contribution is -2.33. The van der Waals surface area contributed by atoms with Gasteiger partial charge in [0, 0.05) is 18.8 Å². The van der Waals surface area contributed by atoms with E-state index in [1.54, 1.807) is 6.07 Å². The summed E-state index contributed by atoms with van der Waals surface area (Å²) < 4.78 is 16.3. The van der Waals surface area contributed by atoms with Crippen molar-refractivity contribution in [2.75, 3.05) is 0 Å². The summed E-state index contributed by atoms with van der Waals surface area (Å²) in [5.74, 6) is 0.0309. The number of carbonyl (C=O) groups is 1. The third-order valence-corrected chi connectivity index (χ3v) is 4.90. The number of benzene rings is 1. The van der Waals surface area contributed by atoms with Gasteiger partial charge in [0.15, 0.2) is 0 Å². The van der Waals surface area contributed by atoms with Gasteiger partial charge in [0.1, 0.15) is 5.82 Å². The van der Waals surface area contributed by atoms with Crippen molar-refractivity contribution >= 4 is 5.91 Å². The van der Waals surface area contributed by atoms with E-state index in [4.69, 9.17) is 0 Å². The number of aryl methyl sites for hydroxylation is 1. The maximum atomic E-state index is 14.3. The number of halogens is 1. The molecular weight excluding hydrogens is 341 g/mol. The van der Waals surface area contributed by atoms with Gasteiger partial charge in [-0.2, -0.15) is 5.10 Å². The average Bonchev–Trinajstić information content (AvgIpc) is 3.05. The summed E-state index contributed by atoms with van der Waals surface area (Å²) in [7, 11) is 0. The van der Waals surface area contributed by atoms with Crippen molar-refractivity contribution in [2.24, 2.45) is 5.92 Å². The fraction of sp³-hybridized carbons (Fsp3) is 0.545. The molecule has 1 heterocycles. The number of nitrogens with zero attached hydrogens (tertiary/aromatic N) is 2. The first-order chi connectivity index (χ1) is 12.8. The first-order valence-corrected chi connectivity index (χ1v) is 9.91. The predicted molar refractivity (Wildman–Crippen MR) is 107 cm³/mol. The molecule has 1 amide bonds. The zero-order valence-electron chi connectivity index (χ0n) is 17.1. The molecule has 2 aromatic rings. The minimum Gasteiger partial charge on any atom is -0.349 e. The average molecular weight is 374 g/mol. The Morgan fingerprint density at radius 3 is 2.63 bits per heavy atom. The van der Waals surface area contributed by atoms with Crippen LogP contribution >= 0.6 is 0 Å². The van der Waals surface area contributed by atoms with Gasteiger partial charge in [0.2, 0.25) is 0 Å². The van der Waals surface area contributed by atoms with E-state index in [9.17, 15) is 9.18 Å². The molecule has 0 fully saturated rings. The van der Waals surface area contributed by atoms with E-state index in [1.165, 1.54) is 6.07 Å². The molecule has 0 spiro atoms. The zero-order valence-corrected chi connectivity index (χ0v) is 17.1. The van der Waals surface area contributed by atoms with Crippen LogP contribution in [0.5, 0.6) is 0 Å². The number of carbonyl (C=O) groups excluding carboxylic acids is 1. The molecule has 0 aliphatic rings. The molecule has 1 aromatic heterocycles. The van der Waals surface area contributed by atoms with Gasteiger partial charge >= 0.3 is 0 Å². The highest BCUT2D eigenvalue weighted by Gasteiger charge is 2.16. The molecule has 2 atom stereocenters. The Morgan fingerprint density at radius 2 is 2.00 bits per heavy atom. The summed E-state index contributed by atoms with van der Waals surface area (Å²) in [5, 5.41) is 7.27. The normalized spacial score (nSPS) is 13.6. The SMILES string of the molecule is CCC(C)c1ccc(C(=O)NC(C)CCc2cnn(CC(C)C)c2)c(F)c1. The van der Waals surface area contributed by atoms with Crippen molar-refractivity contribution in [1.82, 2.24) is 15.1 Å². The van der Waals surface area contributed by atoms with E-state index in [0.29, 0.717) is 5.92 Å². The maximum absolute atomic E-state index is 14.3. The third kappa shape index (κ3) is 6.19. The van der Waals surface area contributed by atoms with Crippen LogP contribution in [0.4, 0.5) is 4.39 Å². The minimum absolute atomic E-state index is 0.0420. The number of aromatic nitrogens is 2. The molecule has 5 heteroatoms. The molecule has 0 aliphatic heterocycles. The lowest BCUT2D eigenvalue weighted by atomic mass is 9.97. The molecule has 148 valence electrons. The van der Waals surface area contributed by atoms with Crippen LogP contribution in [0.1, 0.15) is 74.9 Å². The number of rotatable bonds is 9. The molecule has 2 unspecified atom stereocenters. The number of nitrogens with one attached hydrogen (secondary N) is 1. The molecule has 0 aliphatic carbocycles. The van der Waals surface area contributed by atoms with Gasteiger partial charge in [0.05, 0.1) is 11.8 Å². The monoisotopic (exact) mass is 373 g/mol. The van der Waals surface area contributed by atoms with Crippen molar-refractivity contribution in [3.63, 3.8) is 0 Å². The van der Waals surface area contributed by atoms with E-state index in [1.807, 2.05) is 23.9 Å². The molecule has 27 heavy (non-hydrogen) atoms. The van der Waals surface area contributed by atoms with Gasteiger partial charge in [-0.1, -0.05) is 33.8 Å². The van der Waals surface area contributed by atoms with Gasteiger partial charge in [-0.3, -0.25) is 9.48 Å². The fourth-order valence-corrected chi connectivity index (χ4v) is 3.02. The van der Waals surface area contributed by atoms with Crippen LogP contribution in [0.2, 0.25) is 0 Å². The standard InChI is InChI=1S/C22H32FN3O/c1-6-16(4)19-9-10-20(21(23)11-19)22(27)25-17(5)7-8-18-12-24-26(14-18)13-15(2)3/h9-12,14-17H,6-8,13H2,1-5H3,(H,25,27). The van der Waals surface area contributed by atoms with Crippen LogP contribution in [-0.4, -0.2) is 21.7 Å². The van der Waals surface area contributed by atoms with E-state index >= 15 is 0 Å².